The summed E-state index contributed by atoms with van der Waals surface area (Å²) in [4.78, 5) is 10.0. The molecule has 490 valence electrons. The molecule has 4 aliphatic rings. The number of hydrogen-bond acceptors (Lipinski definition) is 4. The van der Waals surface area contributed by atoms with Crippen molar-refractivity contribution in [1.29, 1.82) is 0 Å². The molecule has 0 amide bonds. The molecule has 4 heterocycles. The first-order valence-corrected chi connectivity index (χ1v) is 36.9. The second kappa shape index (κ2) is 24.0. The van der Waals surface area contributed by atoms with E-state index in [0.29, 0.717) is 0 Å². The normalized spacial score (nSPS) is 12.6. The van der Waals surface area contributed by atoms with Gasteiger partial charge in [0.15, 0.2) is 0 Å². The largest absolute Gasteiger partial charge is 0.311 e. The van der Waals surface area contributed by atoms with Crippen LogP contribution in [-0.2, 0) is 0 Å². The van der Waals surface area contributed by atoms with Crippen LogP contribution in [0, 0.1) is 0 Å². The number of hydrogen-bond donors (Lipinski definition) is 0. The lowest BCUT2D eigenvalue weighted by atomic mass is 9.31. The molecule has 0 unspecified atom stereocenters. The van der Waals surface area contributed by atoms with Crippen molar-refractivity contribution >= 4 is 147 Å². The van der Waals surface area contributed by atoms with Crippen molar-refractivity contribution < 1.29 is 0 Å². The molecule has 6 heteroatoms. The average Bonchev–Trinajstić information content (AvgIpc) is 0.663. The van der Waals surface area contributed by atoms with E-state index in [1.165, 1.54) is 143 Å². The average molecular weight is 1340 g/mol. The molecule has 0 saturated heterocycles. The molecular weight excluding hydrogens is 1280 g/mol. The third-order valence-electron chi connectivity index (χ3n) is 22.9. The van der Waals surface area contributed by atoms with Crippen LogP contribution in [0.5, 0.6) is 0 Å². The molecule has 0 bridgehead atoms. The smallest absolute Gasteiger partial charge is 0.248 e. The van der Waals surface area contributed by atoms with Gasteiger partial charge in [0.2, 0.25) is 13.4 Å². The predicted octanol–water partition coefficient (Wildman–Crippen LogP) is 22.8. The van der Waals surface area contributed by atoms with Gasteiger partial charge in [0, 0.05) is 68.2 Å². The number of rotatable bonds is 12. The summed E-state index contributed by atoms with van der Waals surface area (Å²) in [5, 5.41) is 7.64. The summed E-state index contributed by atoms with van der Waals surface area (Å²) in [7, 11) is 0. The fourth-order valence-electron chi connectivity index (χ4n) is 18.7. The van der Waals surface area contributed by atoms with E-state index < -0.39 is 0 Å². The zero-order valence-corrected chi connectivity index (χ0v) is 57.9. The van der Waals surface area contributed by atoms with Crippen LogP contribution in [0.2, 0.25) is 0 Å². The molecule has 18 aromatic rings. The van der Waals surface area contributed by atoms with Gasteiger partial charge in [-0.05, 0) is 242 Å². The summed E-state index contributed by atoms with van der Waals surface area (Å²) in [6.45, 7) is -0.352. The van der Waals surface area contributed by atoms with Crippen molar-refractivity contribution in [3.63, 3.8) is 0 Å². The SMILES string of the molecule is c1ccc(-c2ccccc2-c2cc3c4c(cc5c(-c6ccccc6-c6ccccc6)cc6c7c(cc2c4c57)B2c4ccccc4N(c4ccccc4)c4cc(N(c5ccccc5)c5ccccc5)cc-6c42)B2c4ccccc4N(c4ccccc4)c4cc(N(c5ccccc5)c5ccccc5)cc-3c42)cc1. The summed E-state index contributed by atoms with van der Waals surface area (Å²) in [5.41, 5.74) is 35.5. The highest BCUT2D eigenvalue weighted by Crippen LogP contribution is 2.56. The molecule has 106 heavy (non-hydrogen) atoms. The maximum absolute atomic E-state index is 2.69. The van der Waals surface area contributed by atoms with Gasteiger partial charge in [-0.1, -0.05) is 278 Å². The quantitative estimate of drug-likeness (QED) is 0.0893. The molecule has 4 nitrogen and oxygen atoms in total. The maximum atomic E-state index is 2.69. The van der Waals surface area contributed by atoms with Crippen LogP contribution in [0.25, 0.3) is 99.1 Å². The van der Waals surface area contributed by atoms with Gasteiger partial charge in [-0.3, -0.25) is 0 Å². The third kappa shape index (κ3) is 9.04. The van der Waals surface area contributed by atoms with E-state index in [2.05, 4.69) is 408 Å². The predicted molar refractivity (Wildman–Crippen MR) is 451 cm³/mol. The summed E-state index contributed by atoms with van der Waals surface area (Å²) in [5.74, 6) is 0. The van der Waals surface area contributed by atoms with Crippen molar-refractivity contribution in [1.82, 2.24) is 0 Å². The van der Waals surface area contributed by atoms with Crippen LogP contribution < -0.4 is 52.4 Å². The number of nitrogens with zero attached hydrogens (tertiary/aromatic N) is 4. The molecule has 0 atom stereocenters. The molecule has 0 aromatic heterocycles. The molecule has 18 aromatic carbocycles. The maximum Gasteiger partial charge on any atom is 0.248 e. The van der Waals surface area contributed by atoms with Crippen LogP contribution >= 0.6 is 0 Å². The standard InChI is InChI=1S/C100H64B2N4/c1-9-33-65(34-10-1)75-49-25-27-51-77(75)79-61-81-85-57-73(103(67-37-13-3-14-38-67)68-39-15-4-16-40-68)59-93-99(85)102(88-54-30-32-56-92(88)105(93)71-45-21-7-22-46-71)90-64-84-80(78-52-28-26-50-76(78)66-35-11-2-12-36-66)62-82-86-58-74(104(69-41-17-5-18-42-69)70-43-19-6-20-44-70)60-94-100(86)101(89-63-83(79)97(95(81)90)98(84)96(82)89)87-53-29-31-55-91(87)106(94)72-47-23-8-24-48-72/h1-64H. The third-order valence-corrected chi connectivity index (χ3v) is 22.9. The summed E-state index contributed by atoms with van der Waals surface area (Å²) >= 11 is 0. The fourth-order valence-corrected chi connectivity index (χ4v) is 18.7. The minimum Gasteiger partial charge on any atom is -0.311 e. The lowest BCUT2D eigenvalue weighted by Gasteiger charge is -2.43. The number of anilines is 12. The van der Waals surface area contributed by atoms with Gasteiger partial charge in [0.05, 0.1) is 0 Å². The second-order valence-electron chi connectivity index (χ2n) is 28.5. The Bertz CT molecular complexity index is 6040. The van der Waals surface area contributed by atoms with Gasteiger partial charge in [-0.15, -0.1) is 0 Å². The molecular formula is C100H64B2N4. The summed E-state index contributed by atoms with van der Waals surface area (Å²) in [6.07, 6.45) is 0. The molecule has 4 aliphatic heterocycles. The molecule has 0 spiro atoms. The Balaban J connectivity index is 0.959. The van der Waals surface area contributed by atoms with Crippen molar-refractivity contribution in [2.75, 3.05) is 19.6 Å². The van der Waals surface area contributed by atoms with E-state index >= 15 is 0 Å². The van der Waals surface area contributed by atoms with Gasteiger partial charge >= 0.3 is 0 Å². The van der Waals surface area contributed by atoms with Gasteiger partial charge < -0.3 is 19.6 Å². The highest BCUT2D eigenvalue weighted by atomic mass is 15.2. The molecule has 22 rings (SSSR count). The minimum absolute atomic E-state index is 0.176. The Morgan fingerprint density at radius 1 is 0.189 bits per heavy atom. The van der Waals surface area contributed by atoms with Crippen molar-refractivity contribution in [2.24, 2.45) is 0 Å². The first kappa shape index (κ1) is 60.0. The first-order chi connectivity index (χ1) is 52.7. The highest BCUT2D eigenvalue weighted by molar-refractivity contribution is 7.02. The van der Waals surface area contributed by atoms with E-state index in [1.54, 1.807) is 0 Å². The highest BCUT2D eigenvalue weighted by Gasteiger charge is 2.47. The fraction of sp³-hybridized carbons (Fsp3) is 0. The Hall–Kier alpha value is -13.7. The van der Waals surface area contributed by atoms with E-state index in [0.717, 1.165) is 56.9 Å². The number of benzene rings is 18. The van der Waals surface area contributed by atoms with Crippen LogP contribution in [0.15, 0.2) is 388 Å². The van der Waals surface area contributed by atoms with E-state index in [1.807, 2.05) is 0 Å². The van der Waals surface area contributed by atoms with Crippen LogP contribution in [0.4, 0.5) is 68.2 Å². The first-order valence-electron chi connectivity index (χ1n) is 36.9. The zero-order valence-electron chi connectivity index (χ0n) is 57.9. The molecule has 0 N–H and O–H groups in total. The van der Waals surface area contributed by atoms with Gasteiger partial charge in [-0.25, -0.2) is 0 Å². The summed E-state index contributed by atoms with van der Waals surface area (Å²) < 4.78 is 0. The van der Waals surface area contributed by atoms with E-state index in [-0.39, 0.29) is 13.4 Å². The molecule has 0 fully saturated rings. The Kier molecular flexibility index (Phi) is 13.6. The second-order valence-corrected chi connectivity index (χ2v) is 28.5. The monoisotopic (exact) mass is 1340 g/mol. The van der Waals surface area contributed by atoms with Gasteiger partial charge in [0.1, 0.15) is 0 Å². The number of fused-ring (bicyclic) bond motifs is 8. The molecule has 0 aliphatic carbocycles. The minimum atomic E-state index is -0.176. The lowest BCUT2D eigenvalue weighted by Crippen LogP contribution is -2.60. The molecule has 0 radical (unpaired) electrons. The van der Waals surface area contributed by atoms with Crippen LogP contribution in [0.3, 0.4) is 0 Å². The Labute approximate surface area is 617 Å². The van der Waals surface area contributed by atoms with E-state index in [9.17, 15) is 0 Å². The lowest BCUT2D eigenvalue weighted by molar-refractivity contribution is 1.25. The Morgan fingerprint density at radius 2 is 0.491 bits per heavy atom. The van der Waals surface area contributed by atoms with Crippen molar-refractivity contribution in [3.05, 3.63) is 388 Å². The Morgan fingerprint density at radius 3 is 0.849 bits per heavy atom. The van der Waals surface area contributed by atoms with Crippen LogP contribution in [-0.4, -0.2) is 13.4 Å². The van der Waals surface area contributed by atoms with Crippen molar-refractivity contribution in [2.45, 2.75) is 0 Å². The van der Waals surface area contributed by atoms with E-state index in [4.69, 9.17) is 0 Å². The zero-order chi connectivity index (χ0) is 69.5. The van der Waals surface area contributed by atoms with Gasteiger partial charge in [0.25, 0.3) is 0 Å². The van der Waals surface area contributed by atoms with Crippen molar-refractivity contribution in [3.8, 4) is 66.8 Å². The van der Waals surface area contributed by atoms with Gasteiger partial charge in [-0.2, -0.15) is 0 Å². The topological polar surface area (TPSA) is 13.0 Å². The summed E-state index contributed by atoms with van der Waals surface area (Å²) in [6, 6.07) is 146. The van der Waals surface area contributed by atoms with Crippen LogP contribution in [0.1, 0.15) is 0 Å². The number of para-hydroxylation sites is 8. The molecule has 0 saturated carbocycles.